The second kappa shape index (κ2) is 3.91. The molecule has 2 heterocycles. The van der Waals surface area contributed by atoms with Crippen molar-refractivity contribution < 1.29 is 4.74 Å². The van der Waals surface area contributed by atoms with Crippen LogP contribution in [0.5, 0.6) is 0 Å². The standard InChI is InChI=1S/C13H21NO/c1-2-6-13(5-1)9-11(4-8-15-13)12-3-7-14-10-12/h14H,1-10H2. The molecule has 0 aromatic carbocycles. The lowest BCUT2D eigenvalue weighted by molar-refractivity contribution is -0.0562. The van der Waals surface area contributed by atoms with Crippen LogP contribution in [0.4, 0.5) is 0 Å². The van der Waals surface area contributed by atoms with E-state index in [4.69, 9.17) is 4.74 Å². The van der Waals surface area contributed by atoms with Crippen LogP contribution in [-0.4, -0.2) is 25.3 Å². The van der Waals surface area contributed by atoms with E-state index in [1.807, 2.05) is 0 Å². The van der Waals surface area contributed by atoms with Crippen LogP contribution in [0.25, 0.3) is 0 Å². The molecule has 0 bridgehead atoms. The zero-order valence-electron chi connectivity index (χ0n) is 9.48. The van der Waals surface area contributed by atoms with Crippen molar-refractivity contribution in [2.75, 3.05) is 19.7 Å². The highest BCUT2D eigenvalue weighted by Gasteiger charge is 2.38. The average molecular weight is 207 g/mol. The first kappa shape index (κ1) is 9.86. The molecule has 2 aliphatic heterocycles. The van der Waals surface area contributed by atoms with Gasteiger partial charge in [-0.15, -0.1) is 0 Å². The Balaban J connectivity index is 1.78. The van der Waals surface area contributed by atoms with Crippen molar-refractivity contribution in [1.82, 2.24) is 5.32 Å². The van der Waals surface area contributed by atoms with Gasteiger partial charge in [-0.2, -0.15) is 0 Å². The molecular formula is C13H21NO. The van der Waals surface area contributed by atoms with E-state index in [0.29, 0.717) is 0 Å². The van der Waals surface area contributed by atoms with Crippen molar-refractivity contribution in [2.24, 2.45) is 0 Å². The minimum atomic E-state index is 0.267. The molecule has 84 valence electrons. The normalized spacial score (nSPS) is 35.2. The van der Waals surface area contributed by atoms with E-state index in [-0.39, 0.29) is 5.60 Å². The van der Waals surface area contributed by atoms with Crippen LogP contribution in [-0.2, 0) is 4.74 Å². The minimum absolute atomic E-state index is 0.267. The molecule has 0 atom stereocenters. The lowest BCUT2D eigenvalue weighted by atomic mass is 9.86. The fourth-order valence-corrected chi connectivity index (χ4v) is 3.43. The maximum atomic E-state index is 6.06. The van der Waals surface area contributed by atoms with Crippen LogP contribution >= 0.6 is 0 Å². The lowest BCUT2D eigenvalue weighted by Gasteiger charge is -2.36. The molecule has 2 heteroatoms. The summed E-state index contributed by atoms with van der Waals surface area (Å²) >= 11 is 0. The Morgan fingerprint density at radius 2 is 1.93 bits per heavy atom. The summed E-state index contributed by atoms with van der Waals surface area (Å²) in [6.07, 6.45) is 9.07. The average Bonchev–Trinajstić information content (AvgIpc) is 2.89. The largest absolute Gasteiger partial charge is 0.374 e. The molecule has 3 fully saturated rings. The number of hydrogen-bond donors (Lipinski definition) is 1. The van der Waals surface area contributed by atoms with Gasteiger partial charge in [0.2, 0.25) is 0 Å². The van der Waals surface area contributed by atoms with Crippen molar-refractivity contribution >= 4 is 0 Å². The summed E-state index contributed by atoms with van der Waals surface area (Å²) in [4.78, 5) is 0. The highest BCUT2D eigenvalue weighted by atomic mass is 16.5. The highest BCUT2D eigenvalue weighted by Crippen LogP contribution is 2.42. The van der Waals surface area contributed by atoms with Crippen LogP contribution in [0.2, 0.25) is 0 Å². The van der Waals surface area contributed by atoms with E-state index in [2.05, 4.69) is 5.32 Å². The van der Waals surface area contributed by atoms with E-state index >= 15 is 0 Å². The summed E-state index contributed by atoms with van der Waals surface area (Å²) in [5, 5.41) is 3.45. The van der Waals surface area contributed by atoms with Crippen molar-refractivity contribution in [3.8, 4) is 0 Å². The van der Waals surface area contributed by atoms with E-state index < -0.39 is 0 Å². The molecule has 2 saturated heterocycles. The zero-order chi connectivity index (χ0) is 10.1. The van der Waals surface area contributed by atoms with Gasteiger partial charge in [0.15, 0.2) is 0 Å². The summed E-state index contributed by atoms with van der Waals surface area (Å²) in [7, 11) is 0. The summed E-state index contributed by atoms with van der Waals surface area (Å²) in [6.45, 7) is 3.30. The predicted molar refractivity (Wildman–Crippen MR) is 60.9 cm³/mol. The van der Waals surface area contributed by atoms with E-state index in [1.54, 1.807) is 11.1 Å². The number of ether oxygens (including phenoxy) is 1. The van der Waals surface area contributed by atoms with Crippen molar-refractivity contribution in [1.29, 1.82) is 0 Å². The summed E-state index contributed by atoms with van der Waals surface area (Å²) < 4.78 is 6.06. The number of nitrogens with one attached hydrogen (secondary N) is 1. The second-order valence-corrected chi connectivity index (χ2v) is 5.30. The smallest absolute Gasteiger partial charge is 0.0719 e. The topological polar surface area (TPSA) is 21.3 Å². The maximum Gasteiger partial charge on any atom is 0.0719 e. The van der Waals surface area contributed by atoms with Crippen LogP contribution in [0, 0.1) is 0 Å². The Bertz CT molecular complexity index is 268. The van der Waals surface area contributed by atoms with Gasteiger partial charge in [0.25, 0.3) is 0 Å². The molecule has 1 spiro atoms. The third-order valence-electron chi connectivity index (χ3n) is 4.30. The molecule has 3 aliphatic rings. The molecule has 0 aromatic rings. The van der Waals surface area contributed by atoms with Crippen LogP contribution < -0.4 is 5.32 Å². The van der Waals surface area contributed by atoms with Crippen molar-refractivity contribution in [3.63, 3.8) is 0 Å². The highest BCUT2D eigenvalue weighted by molar-refractivity contribution is 5.23. The van der Waals surface area contributed by atoms with Gasteiger partial charge in [0.05, 0.1) is 12.2 Å². The van der Waals surface area contributed by atoms with E-state index in [0.717, 1.165) is 13.2 Å². The van der Waals surface area contributed by atoms with Gasteiger partial charge in [-0.25, -0.2) is 0 Å². The molecule has 0 aromatic heterocycles. The molecule has 1 aliphatic carbocycles. The molecule has 0 radical (unpaired) electrons. The number of rotatable bonds is 0. The molecule has 0 unspecified atom stereocenters. The third-order valence-corrected chi connectivity index (χ3v) is 4.30. The van der Waals surface area contributed by atoms with Crippen LogP contribution in [0.15, 0.2) is 11.1 Å². The lowest BCUT2D eigenvalue weighted by Crippen LogP contribution is -2.34. The maximum absolute atomic E-state index is 6.06. The monoisotopic (exact) mass is 207 g/mol. The van der Waals surface area contributed by atoms with E-state index in [9.17, 15) is 0 Å². The molecule has 0 amide bonds. The van der Waals surface area contributed by atoms with Gasteiger partial charge in [0.1, 0.15) is 0 Å². The first-order valence-electron chi connectivity index (χ1n) is 6.42. The Morgan fingerprint density at radius 3 is 2.67 bits per heavy atom. The Hall–Kier alpha value is -0.340. The van der Waals surface area contributed by atoms with Gasteiger partial charge >= 0.3 is 0 Å². The third kappa shape index (κ3) is 1.85. The molecule has 2 nitrogen and oxygen atoms in total. The fraction of sp³-hybridized carbons (Fsp3) is 0.846. The van der Waals surface area contributed by atoms with Gasteiger partial charge in [-0.1, -0.05) is 24.0 Å². The Morgan fingerprint density at radius 1 is 1.07 bits per heavy atom. The minimum Gasteiger partial charge on any atom is -0.374 e. The molecule has 3 rings (SSSR count). The zero-order valence-corrected chi connectivity index (χ0v) is 9.48. The van der Waals surface area contributed by atoms with Crippen LogP contribution in [0.3, 0.4) is 0 Å². The summed E-state index contributed by atoms with van der Waals surface area (Å²) in [6, 6.07) is 0. The van der Waals surface area contributed by atoms with E-state index in [1.165, 1.54) is 51.5 Å². The second-order valence-electron chi connectivity index (χ2n) is 5.30. The quantitative estimate of drug-likeness (QED) is 0.616. The Labute approximate surface area is 92.1 Å². The first-order chi connectivity index (χ1) is 7.38. The SMILES string of the molecule is C1CCC2(C1)CC(=C1CCNC1)CCO2. The van der Waals surface area contributed by atoms with Crippen LogP contribution in [0.1, 0.15) is 44.9 Å². The molecule has 1 saturated carbocycles. The van der Waals surface area contributed by atoms with Gasteiger partial charge in [-0.05, 0) is 38.6 Å². The molecule has 15 heavy (non-hydrogen) atoms. The number of hydrogen-bond acceptors (Lipinski definition) is 2. The Kier molecular flexibility index (Phi) is 2.57. The van der Waals surface area contributed by atoms with Gasteiger partial charge in [-0.3, -0.25) is 0 Å². The molecular weight excluding hydrogens is 186 g/mol. The fourth-order valence-electron chi connectivity index (χ4n) is 3.43. The van der Waals surface area contributed by atoms with Gasteiger partial charge in [0, 0.05) is 6.54 Å². The van der Waals surface area contributed by atoms with Crippen molar-refractivity contribution in [3.05, 3.63) is 11.1 Å². The predicted octanol–water partition coefficient (Wildman–Crippen LogP) is 2.40. The van der Waals surface area contributed by atoms with Crippen molar-refractivity contribution in [2.45, 2.75) is 50.5 Å². The summed E-state index contributed by atoms with van der Waals surface area (Å²) in [5.41, 5.74) is 3.70. The first-order valence-corrected chi connectivity index (χ1v) is 6.42. The summed E-state index contributed by atoms with van der Waals surface area (Å²) in [5.74, 6) is 0. The van der Waals surface area contributed by atoms with Gasteiger partial charge < -0.3 is 10.1 Å². The molecule has 1 N–H and O–H groups in total.